The van der Waals surface area contributed by atoms with Gasteiger partial charge in [0.05, 0.1) is 0 Å². The van der Waals surface area contributed by atoms with Crippen LogP contribution >= 0.6 is 0 Å². The Morgan fingerprint density at radius 2 is 1.86 bits per heavy atom. The number of nitrogens with zero attached hydrogens (tertiary/aromatic N) is 3. The molecule has 3 aliphatic heterocycles. The van der Waals surface area contributed by atoms with Crippen LogP contribution in [0.5, 0.6) is 0 Å². The number of hydrogen-bond acceptors (Lipinski definition) is 3. The molecule has 0 saturated carbocycles. The maximum Gasteiger partial charge on any atom is 0.224 e. The molecule has 0 bridgehead atoms. The first-order valence-corrected chi connectivity index (χ1v) is 10.6. The van der Waals surface area contributed by atoms with Gasteiger partial charge < -0.3 is 9.80 Å². The van der Waals surface area contributed by atoms with Gasteiger partial charge in [-0.05, 0) is 49.9 Å². The van der Waals surface area contributed by atoms with Gasteiger partial charge >= 0.3 is 0 Å². The van der Waals surface area contributed by atoms with Gasteiger partial charge in [-0.3, -0.25) is 14.5 Å². The summed E-state index contributed by atoms with van der Waals surface area (Å²) >= 11 is 0. The molecule has 3 heterocycles. The molecule has 28 heavy (non-hydrogen) atoms. The second kappa shape index (κ2) is 8.19. The Hall–Kier alpha value is -1.95. The van der Waals surface area contributed by atoms with Gasteiger partial charge in [-0.1, -0.05) is 12.1 Å². The van der Waals surface area contributed by atoms with E-state index in [1.54, 1.807) is 0 Å². The molecule has 1 unspecified atom stereocenters. The van der Waals surface area contributed by atoms with E-state index in [1.165, 1.54) is 18.6 Å². The van der Waals surface area contributed by atoms with Gasteiger partial charge in [0.15, 0.2) is 0 Å². The first-order valence-electron chi connectivity index (χ1n) is 10.6. The number of rotatable bonds is 5. The minimum Gasteiger partial charge on any atom is -0.342 e. The molecule has 4 rings (SSSR count). The monoisotopic (exact) mass is 387 g/mol. The number of carbonyl (C=O) groups excluding carboxylic acids is 2. The number of halogens is 1. The molecule has 3 aliphatic rings. The van der Waals surface area contributed by atoms with Crippen LogP contribution in [-0.4, -0.2) is 65.8 Å². The Morgan fingerprint density at radius 1 is 1.04 bits per heavy atom. The summed E-state index contributed by atoms with van der Waals surface area (Å²) < 4.78 is 13.1. The molecule has 0 aliphatic carbocycles. The Morgan fingerprint density at radius 3 is 2.61 bits per heavy atom. The van der Waals surface area contributed by atoms with E-state index in [4.69, 9.17) is 0 Å². The number of amides is 2. The van der Waals surface area contributed by atoms with Crippen molar-refractivity contribution >= 4 is 11.8 Å². The predicted octanol–water partition coefficient (Wildman–Crippen LogP) is 2.65. The third kappa shape index (κ3) is 4.37. The van der Waals surface area contributed by atoms with Gasteiger partial charge in [-0.15, -0.1) is 0 Å². The smallest absolute Gasteiger partial charge is 0.224 e. The van der Waals surface area contributed by atoms with Crippen molar-refractivity contribution in [3.63, 3.8) is 0 Å². The molecule has 1 aromatic rings. The second-order valence-electron chi connectivity index (χ2n) is 8.74. The number of hydrogen-bond donors (Lipinski definition) is 0. The quantitative estimate of drug-likeness (QED) is 0.780. The van der Waals surface area contributed by atoms with Crippen LogP contribution in [0.1, 0.15) is 44.1 Å². The molecular formula is C22H30FN3O2. The van der Waals surface area contributed by atoms with Crippen molar-refractivity contribution in [3.05, 3.63) is 35.6 Å². The number of carbonyl (C=O) groups is 2. The number of benzene rings is 1. The highest BCUT2D eigenvalue weighted by atomic mass is 19.1. The Balaban J connectivity index is 1.29. The van der Waals surface area contributed by atoms with Crippen molar-refractivity contribution in [1.82, 2.24) is 14.7 Å². The van der Waals surface area contributed by atoms with Gasteiger partial charge in [0, 0.05) is 57.5 Å². The lowest BCUT2D eigenvalue weighted by molar-refractivity contribution is -0.132. The van der Waals surface area contributed by atoms with Gasteiger partial charge in [0.2, 0.25) is 11.8 Å². The van der Waals surface area contributed by atoms with Crippen LogP contribution in [0.15, 0.2) is 24.3 Å². The topological polar surface area (TPSA) is 43.9 Å². The largest absolute Gasteiger partial charge is 0.342 e. The molecule has 1 spiro atoms. The molecule has 152 valence electrons. The minimum atomic E-state index is -0.195. The third-order valence-corrected chi connectivity index (χ3v) is 6.62. The Kier molecular flexibility index (Phi) is 5.67. The molecule has 1 atom stereocenters. The van der Waals surface area contributed by atoms with Crippen LogP contribution in [0, 0.1) is 11.2 Å². The molecule has 0 aromatic heterocycles. The van der Waals surface area contributed by atoms with Crippen molar-refractivity contribution in [1.29, 1.82) is 0 Å². The molecule has 0 N–H and O–H groups in total. The van der Waals surface area contributed by atoms with Crippen LogP contribution in [0.25, 0.3) is 0 Å². The number of piperidine rings is 1. The van der Waals surface area contributed by atoms with Crippen LogP contribution in [0.4, 0.5) is 4.39 Å². The lowest BCUT2D eigenvalue weighted by Crippen LogP contribution is -2.45. The molecule has 0 radical (unpaired) electrons. The van der Waals surface area contributed by atoms with E-state index >= 15 is 0 Å². The average molecular weight is 387 g/mol. The summed E-state index contributed by atoms with van der Waals surface area (Å²) in [6, 6.07) is 6.77. The molecular weight excluding hydrogens is 357 g/mol. The maximum absolute atomic E-state index is 13.1. The van der Waals surface area contributed by atoms with E-state index in [9.17, 15) is 14.0 Å². The normalized spacial score (nSPS) is 25.8. The van der Waals surface area contributed by atoms with Crippen molar-refractivity contribution in [2.75, 3.05) is 39.3 Å². The molecule has 3 saturated heterocycles. The molecule has 1 aromatic carbocycles. The standard InChI is InChI=1S/C22H30FN3O2/c23-19-6-4-18(5-7-19)15-24-11-2-9-22(16-24)10-14-26(17-22)21(28)8-13-25-12-1-3-20(25)27/h4-7H,1-3,8-17H2. The summed E-state index contributed by atoms with van der Waals surface area (Å²) in [6.45, 7) is 5.93. The summed E-state index contributed by atoms with van der Waals surface area (Å²) in [5.74, 6) is 0.182. The summed E-state index contributed by atoms with van der Waals surface area (Å²) in [5.41, 5.74) is 1.33. The highest BCUT2D eigenvalue weighted by Crippen LogP contribution is 2.39. The summed E-state index contributed by atoms with van der Waals surface area (Å²) in [6.07, 6.45) is 5.36. The van der Waals surface area contributed by atoms with Crippen molar-refractivity contribution in [3.8, 4) is 0 Å². The first-order chi connectivity index (χ1) is 13.5. The minimum absolute atomic E-state index is 0.187. The lowest BCUT2D eigenvalue weighted by Gasteiger charge is -2.40. The fraction of sp³-hybridized carbons (Fsp3) is 0.636. The second-order valence-corrected chi connectivity index (χ2v) is 8.74. The zero-order valence-electron chi connectivity index (χ0n) is 16.5. The molecule has 3 fully saturated rings. The summed E-state index contributed by atoms with van der Waals surface area (Å²) in [5, 5.41) is 0. The van der Waals surface area contributed by atoms with E-state index in [2.05, 4.69) is 4.90 Å². The van der Waals surface area contributed by atoms with E-state index in [0.717, 1.165) is 64.1 Å². The summed E-state index contributed by atoms with van der Waals surface area (Å²) in [7, 11) is 0. The SMILES string of the molecule is O=C1CCCN1CCC(=O)N1CCC2(CCCN(Cc3ccc(F)cc3)C2)C1. The molecule has 2 amide bonds. The third-order valence-electron chi connectivity index (χ3n) is 6.62. The van der Waals surface area contributed by atoms with Crippen molar-refractivity contribution in [2.45, 2.75) is 45.1 Å². The predicted molar refractivity (Wildman–Crippen MR) is 105 cm³/mol. The van der Waals surface area contributed by atoms with Crippen LogP contribution < -0.4 is 0 Å². The van der Waals surface area contributed by atoms with E-state index in [-0.39, 0.29) is 23.0 Å². The van der Waals surface area contributed by atoms with E-state index in [1.807, 2.05) is 21.9 Å². The fourth-order valence-corrected chi connectivity index (χ4v) is 5.10. The Labute approximate surface area is 166 Å². The van der Waals surface area contributed by atoms with Gasteiger partial charge in [-0.2, -0.15) is 0 Å². The van der Waals surface area contributed by atoms with E-state index in [0.29, 0.717) is 19.4 Å². The molecule has 5 nitrogen and oxygen atoms in total. The van der Waals surface area contributed by atoms with Crippen LogP contribution in [0.3, 0.4) is 0 Å². The summed E-state index contributed by atoms with van der Waals surface area (Å²) in [4.78, 5) is 30.7. The van der Waals surface area contributed by atoms with Gasteiger partial charge in [-0.25, -0.2) is 4.39 Å². The Bertz CT molecular complexity index is 723. The van der Waals surface area contributed by atoms with Crippen LogP contribution in [0.2, 0.25) is 0 Å². The van der Waals surface area contributed by atoms with Crippen molar-refractivity contribution < 1.29 is 14.0 Å². The van der Waals surface area contributed by atoms with Crippen molar-refractivity contribution in [2.24, 2.45) is 5.41 Å². The molecule has 6 heteroatoms. The highest BCUT2D eigenvalue weighted by Gasteiger charge is 2.42. The fourth-order valence-electron chi connectivity index (χ4n) is 5.10. The number of likely N-dealkylation sites (tertiary alicyclic amines) is 3. The maximum atomic E-state index is 13.1. The first kappa shape index (κ1) is 19.4. The zero-order chi connectivity index (χ0) is 19.6. The zero-order valence-corrected chi connectivity index (χ0v) is 16.5. The lowest BCUT2D eigenvalue weighted by atomic mass is 9.79. The van der Waals surface area contributed by atoms with Gasteiger partial charge in [0.25, 0.3) is 0 Å². The highest BCUT2D eigenvalue weighted by molar-refractivity contribution is 5.80. The average Bonchev–Trinajstić information content (AvgIpc) is 3.28. The van der Waals surface area contributed by atoms with Crippen LogP contribution in [-0.2, 0) is 16.1 Å². The van der Waals surface area contributed by atoms with E-state index < -0.39 is 0 Å². The van der Waals surface area contributed by atoms with Gasteiger partial charge in [0.1, 0.15) is 5.82 Å².